The summed E-state index contributed by atoms with van der Waals surface area (Å²) in [6, 6.07) is 6.32. The van der Waals surface area contributed by atoms with Crippen LogP contribution in [0.4, 0.5) is 0 Å². The Kier molecular flexibility index (Phi) is 3.29. The largest absolute Gasteiger partial charge is 0.390 e. The second-order valence-corrected chi connectivity index (χ2v) is 4.46. The van der Waals surface area contributed by atoms with E-state index in [-0.39, 0.29) is 12.5 Å². The van der Waals surface area contributed by atoms with Gasteiger partial charge in [0, 0.05) is 5.92 Å². The number of hydrogen-bond acceptors (Lipinski definition) is 2. The summed E-state index contributed by atoms with van der Waals surface area (Å²) < 4.78 is 0. The van der Waals surface area contributed by atoms with Gasteiger partial charge in [0.25, 0.3) is 0 Å². The first-order chi connectivity index (χ1) is 8.13. The van der Waals surface area contributed by atoms with Crippen molar-refractivity contribution in [2.75, 3.05) is 0 Å². The summed E-state index contributed by atoms with van der Waals surface area (Å²) >= 11 is 0. The summed E-state index contributed by atoms with van der Waals surface area (Å²) in [5, 5.41) is 9.03. The predicted octanol–water partition coefficient (Wildman–Crippen LogP) is 2.67. The molecule has 0 aliphatic heterocycles. The van der Waals surface area contributed by atoms with Crippen LogP contribution in [0.5, 0.6) is 0 Å². The number of aromatic nitrogens is 2. The van der Waals surface area contributed by atoms with E-state index in [1.54, 1.807) is 6.20 Å². The monoisotopic (exact) mass is 230 g/mol. The number of aryl methyl sites for hydroxylation is 1. The normalized spacial score (nSPS) is 12.7. The van der Waals surface area contributed by atoms with E-state index >= 15 is 0 Å². The molecule has 2 aromatic rings. The number of hydrogen-bond donors (Lipinski definition) is 2. The number of aromatic amines is 1. The van der Waals surface area contributed by atoms with Crippen LogP contribution in [0.15, 0.2) is 24.4 Å². The number of benzene rings is 1. The third-order valence-corrected chi connectivity index (χ3v) is 3.34. The van der Waals surface area contributed by atoms with Crippen LogP contribution in [0.1, 0.15) is 41.1 Å². The van der Waals surface area contributed by atoms with Crippen molar-refractivity contribution < 1.29 is 5.11 Å². The molecule has 0 saturated heterocycles. The van der Waals surface area contributed by atoms with Crippen molar-refractivity contribution in [3.05, 3.63) is 52.6 Å². The van der Waals surface area contributed by atoms with Gasteiger partial charge in [0.2, 0.25) is 0 Å². The average Bonchev–Trinajstić information content (AvgIpc) is 2.80. The number of imidazole rings is 1. The minimum absolute atomic E-state index is 0.00647. The molecule has 0 radical (unpaired) electrons. The smallest absolute Gasteiger partial charge is 0.113 e. The van der Waals surface area contributed by atoms with Crippen LogP contribution in [-0.2, 0) is 6.61 Å². The van der Waals surface area contributed by atoms with E-state index in [0.29, 0.717) is 0 Å². The molecule has 0 aliphatic carbocycles. The fourth-order valence-corrected chi connectivity index (χ4v) is 2.07. The number of rotatable bonds is 3. The van der Waals surface area contributed by atoms with Gasteiger partial charge in [-0.2, -0.15) is 0 Å². The highest BCUT2D eigenvalue weighted by molar-refractivity contribution is 5.38. The molecule has 1 unspecified atom stereocenters. The van der Waals surface area contributed by atoms with Gasteiger partial charge in [-0.15, -0.1) is 0 Å². The maximum atomic E-state index is 9.03. The van der Waals surface area contributed by atoms with Gasteiger partial charge < -0.3 is 10.1 Å². The predicted molar refractivity (Wildman–Crippen MR) is 67.9 cm³/mol. The lowest BCUT2D eigenvalue weighted by molar-refractivity contribution is 0.277. The average molecular weight is 230 g/mol. The third-order valence-electron chi connectivity index (χ3n) is 3.34. The molecule has 0 saturated carbocycles. The van der Waals surface area contributed by atoms with E-state index in [9.17, 15) is 0 Å². The quantitative estimate of drug-likeness (QED) is 0.851. The molecule has 2 rings (SSSR count). The third kappa shape index (κ3) is 2.24. The molecular weight excluding hydrogens is 212 g/mol. The Morgan fingerprint density at radius 1 is 1.35 bits per heavy atom. The molecule has 0 fully saturated rings. The first-order valence-corrected chi connectivity index (χ1v) is 5.84. The lowest BCUT2D eigenvalue weighted by Gasteiger charge is -2.14. The molecule has 1 aromatic carbocycles. The first kappa shape index (κ1) is 11.9. The SMILES string of the molecule is Cc1cccc(C(C)c2ncc(CO)[nH]2)c1C. The van der Waals surface area contributed by atoms with Crippen LogP contribution in [-0.4, -0.2) is 15.1 Å². The van der Waals surface area contributed by atoms with Gasteiger partial charge in [0.05, 0.1) is 18.5 Å². The van der Waals surface area contributed by atoms with Crippen LogP contribution in [0.3, 0.4) is 0 Å². The number of aliphatic hydroxyl groups excluding tert-OH is 1. The number of nitrogens with zero attached hydrogens (tertiary/aromatic N) is 1. The van der Waals surface area contributed by atoms with Crippen LogP contribution in [0.2, 0.25) is 0 Å². The molecule has 1 aromatic heterocycles. The van der Waals surface area contributed by atoms with E-state index in [2.05, 4.69) is 48.9 Å². The first-order valence-electron chi connectivity index (χ1n) is 5.84. The molecule has 0 spiro atoms. The second kappa shape index (κ2) is 4.72. The van der Waals surface area contributed by atoms with Gasteiger partial charge in [-0.1, -0.05) is 25.1 Å². The van der Waals surface area contributed by atoms with Gasteiger partial charge in [0.1, 0.15) is 5.82 Å². The van der Waals surface area contributed by atoms with Crippen molar-refractivity contribution in [1.29, 1.82) is 0 Å². The van der Waals surface area contributed by atoms with Crippen LogP contribution in [0.25, 0.3) is 0 Å². The highest BCUT2D eigenvalue weighted by atomic mass is 16.3. The Bertz CT molecular complexity index is 517. The molecule has 3 nitrogen and oxygen atoms in total. The number of H-pyrrole nitrogens is 1. The molecule has 0 amide bonds. The molecule has 17 heavy (non-hydrogen) atoms. The van der Waals surface area contributed by atoms with Gasteiger partial charge in [0.15, 0.2) is 0 Å². The van der Waals surface area contributed by atoms with Crippen molar-refractivity contribution in [3.8, 4) is 0 Å². The van der Waals surface area contributed by atoms with Gasteiger partial charge in [-0.25, -0.2) is 4.98 Å². The zero-order valence-corrected chi connectivity index (χ0v) is 10.5. The van der Waals surface area contributed by atoms with Gasteiger partial charge in [-0.05, 0) is 30.5 Å². The molecule has 90 valence electrons. The summed E-state index contributed by atoms with van der Waals surface area (Å²) in [6.45, 7) is 6.39. The number of nitrogens with one attached hydrogen (secondary N) is 1. The molecule has 0 aliphatic rings. The molecule has 1 atom stereocenters. The zero-order valence-electron chi connectivity index (χ0n) is 10.5. The van der Waals surface area contributed by atoms with E-state index < -0.39 is 0 Å². The van der Waals surface area contributed by atoms with Crippen LogP contribution >= 0.6 is 0 Å². The maximum Gasteiger partial charge on any atom is 0.113 e. The minimum atomic E-state index is 0.00647. The molecule has 3 heteroatoms. The summed E-state index contributed by atoms with van der Waals surface area (Å²) in [7, 11) is 0. The zero-order chi connectivity index (χ0) is 12.4. The standard InChI is InChI=1S/C14H18N2O/c1-9-5-4-6-13(10(9)2)11(3)14-15-7-12(8-17)16-14/h4-7,11,17H,8H2,1-3H3,(H,15,16). The van der Waals surface area contributed by atoms with E-state index in [1.807, 2.05) is 0 Å². The fraction of sp³-hybridized carbons (Fsp3) is 0.357. The van der Waals surface area contributed by atoms with Crippen molar-refractivity contribution in [2.24, 2.45) is 0 Å². The Morgan fingerprint density at radius 2 is 2.12 bits per heavy atom. The summed E-state index contributed by atoms with van der Waals surface area (Å²) in [5.74, 6) is 1.12. The Hall–Kier alpha value is -1.61. The van der Waals surface area contributed by atoms with Gasteiger partial charge in [-0.3, -0.25) is 0 Å². The molecular formula is C14H18N2O. The van der Waals surface area contributed by atoms with E-state index in [4.69, 9.17) is 5.11 Å². The Labute approximate surface area is 102 Å². The van der Waals surface area contributed by atoms with Crippen LogP contribution < -0.4 is 0 Å². The summed E-state index contributed by atoms with van der Waals surface area (Å²) in [4.78, 5) is 7.47. The lowest BCUT2D eigenvalue weighted by atomic mass is 9.93. The topological polar surface area (TPSA) is 48.9 Å². The highest BCUT2D eigenvalue weighted by Crippen LogP contribution is 2.26. The van der Waals surface area contributed by atoms with Gasteiger partial charge >= 0.3 is 0 Å². The summed E-state index contributed by atoms with van der Waals surface area (Å²) in [5.41, 5.74) is 4.64. The summed E-state index contributed by atoms with van der Waals surface area (Å²) in [6.07, 6.45) is 1.69. The van der Waals surface area contributed by atoms with Crippen molar-refractivity contribution in [2.45, 2.75) is 33.3 Å². The van der Waals surface area contributed by atoms with Crippen molar-refractivity contribution in [1.82, 2.24) is 9.97 Å². The Morgan fingerprint density at radius 3 is 2.76 bits per heavy atom. The minimum Gasteiger partial charge on any atom is -0.390 e. The van der Waals surface area contributed by atoms with E-state index in [0.717, 1.165) is 11.5 Å². The van der Waals surface area contributed by atoms with E-state index in [1.165, 1.54) is 16.7 Å². The molecule has 0 bridgehead atoms. The Balaban J connectivity index is 2.36. The number of aliphatic hydroxyl groups is 1. The lowest BCUT2D eigenvalue weighted by Crippen LogP contribution is -2.02. The highest BCUT2D eigenvalue weighted by Gasteiger charge is 2.14. The van der Waals surface area contributed by atoms with Crippen molar-refractivity contribution >= 4 is 0 Å². The van der Waals surface area contributed by atoms with Crippen molar-refractivity contribution in [3.63, 3.8) is 0 Å². The molecule has 1 heterocycles. The fourth-order valence-electron chi connectivity index (χ4n) is 2.07. The second-order valence-electron chi connectivity index (χ2n) is 4.46. The maximum absolute atomic E-state index is 9.03. The molecule has 2 N–H and O–H groups in total. The van der Waals surface area contributed by atoms with Crippen LogP contribution in [0, 0.1) is 13.8 Å².